The van der Waals surface area contributed by atoms with Crippen molar-refractivity contribution in [1.82, 2.24) is 14.9 Å². The lowest BCUT2D eigenvalue weighted by molar-refractivity contribution is -0.123. The Hall–Kier alpha value is -2.57. The molecule has 0 unspecified atom stereocenters. The lowest BCUT2D eigenvalue weighted by atomic mass is 9.94. The molecule has 8 heteroatoms. The number of aromatic amines is 1. The Morgan fingerprint density at radius 3 is 2.54 bits per heavy atom. The largest absolute Gasteiger partial charge is 0.347 e. The van der Waals surface area contributed by atoms with Crippen LogP contribution in [0.2, 0.25) is 10.0 Å². The van der Waals surface area contributed by atoms with E-state index in [1.54, 1.807) is 42.5 Å². The molecule has 0 fully saturated rings. The van der Waals surface area contributed by atoms with E-state index >= 15 is 0 Å². The normalized spacial score (nSPS) is 11.6. The van der Waals surface area contributed by atoms with Crippen molar-refractivity contribution in [2.75, 3.05) is 0 Å². The number of para-hydroxylation sites is 1. The summed E-state index contributed by atoms with van der Waals surface area (Å²) < 4.78 is 1.39. The Labute approximate surface area is 171 Å². The Morgan fingerprint density at radius 1 is 1.11 bits per heavy atom. The molecule has 0 bridgehead atoms. The van der Waals surface area contributed by atoms with E-state index in [1.165, 1.54) is 4.57 Å². The summed E-state index contributed by atoms with van der Waals surface area (Å²) in [5.41, 5.74) is -0.361. The lowest BCUT2D eigenvalue weighted by Crippen LogP contribution is -2.41. The van der Waals surface area contributed by atoms with E-state index in [2.05, 4.69) is 10.3 Å². The number of aryl methyl sites for hydroxylation is 1. The van der Waals surface area contributed by atoms with E-state index in [0.717, 1.165) is 5.56 Å². The van der Waals surface area contributed by atoms with Gasteiger partial charge in [-0.2, -0.15) is 0 Å². The van der Waals surface area contributed by atoms with Gasteiger partial charge in [-0.05, 0) is 43.7 Å². The minimum absolute atomic E-state index is 0.0701. The Morgan fingerprint density at radius 2 is 1.82 bits per heavy atom. The molecule has 0 radical (unpaired) electrons. The quantitative estimate of drug-likeness (QED) is 0.664. The molecular formula is C20H19Cl2N3O3. The molecule has 28 heavy (non-hydrogen) atoms. The van der Waals surface area contributed by atoms with Crippen LogP contribution in [0.4, 0.5) is 0 Å². The predicted octanol–water partition coefficient (Wildman–Crippen LogP) is 3.44. The Bertz CT molecular complexity index is 1170. The van der Waals surface area contributed by atoms with Crippen LogP contribution < -0.4 is 16.6 Å². The van der Waals surface area contributed by atoms with Crippen molar-refractivity contribution in [2.24, 2.45) is 0 Å². The summed E-state index contributed by atoms with van der Waals surface area (Å²) in [5.74, 6) is -0.238. The van der Waals surface area contributed by atoms with Crippen LogP contribution in [0.5, 0.6) is 0 Å². The third-order valence-corrected chi connectivity index (χ3v) is 5.30. The Kier molecular flexibility index (Phi) is 5.63. The summed E-state index contributed by atoms with van der Waals surface area (Å²) in [6.45, 7) is 3.84. The number of H-pyrrole nitrogens is 1. The van der Waals surface area contributed by atoms with Crippen LogP contribution in [0.1, 0.15) is 25.8 Å². The molecule has 0 spiro atoms. The first kappa shape index (κ1) is 20.2. The number of rotatable bonds is 5. The van der Waals surface area contributed by atoms with Crippen molar-refractivity contribution in [3.8, 4) is 0 Å². The molecule has 1 heterocycles. The number of hydrogen-bond donors (Lipinski definition) is 2. The van der Waals surface area contributed by atoms with Gasteiger partial charge in [0.15, 0.2) is 0 Å². The van der Waals surface area contributed by atoms with E-state index in [1.807, 2.05) is 13.8 Å². The molecule has 3 aromatic rings. The van der Waals surface area contributed by atoms with Crippen LogP contribution in [0, 0.1) is 0 Å². The van der Waals surface area contributed by atoms with Crippen LogP contribution in [0.15, 0.2) is 52.1 Å². The second-order valence-electron chi connectivity index (χ2n) is 6.98. The summed E-state index contributed by atoms with van der Waals surface area (Å²) in [7, 11) is 0. The molecule has 0 atom stereocenters. The number of aromatic nitrogens is 2. The van der Waals surface area contributed by atoms with Gasteiger partial charge in [-0.25, -0.2) is 4.79 Å². The SMILES string of the molecule is CC(C)(NC(=O)CCn1c(=O)[nH]c(=O)c2ccccc21)c1ccc(Cl)c(Cl)c1. The van der Waals surface area contributed by atoms with Crippen molar-refractivity contribution in [1.29, 1.82) is 0 Å². The van der Waals surface area contributed by atoms with E-state index in [-0.39, 0.29) is 18.9 Å². The van der Waals surface area contributed by atoms with Gasteiger partial charge in [0, 0.05) is 13.0 Å². The first-order chi connectivity index (χ1) is 13.2. The van der Waals surface area contributed by atoms with Gasteiger partial charge >= 0.3 is 5.69 Å². The molecule has 1 amide bonds. The number of halogens is 2. The maximum Gasteiger partial charge on any atom is 0.328 e. The summed E-state index contributed by atoms with van der Waals surface area (Å²) in [6, 6.07) is 12.0. The average Bonchev–Trinajstić information content (AvgIpc) is 2.63. The lowest BCUT2D eigenvalue weighted by Gasteiger charge is -2.27. The Balaban J connectivity index is 1.78. The van der Waals surface area contributed by atoms with Crippen molar-refractivity contribution in [2.45, 2.75) is 32.4 Å². The summed E-state index contributed by atoms with van der Waals surface area (Å²) in [6.07, 6.45) is 0.0701. The fraction of sp³-hybridized carbons (Fsp3) is 0.250. The standard InChI is InChI=1S/C20H19Cl2N3O3/c1-20(2,12-7-8-14(21)15(22)11-12)24-17(26)9-10-25-16-6-4-3-5-13(16)18(27)23-19(25)28/h3-8,11H,9-10H2,1-2H3,(H,24,26)(H,23,27,28). The van der Waals surface area contributed by atoms with Crippen molar-refractivity contribution < 1.29 is 4.79 Å². The number of nitrogens with one attached hydrogen (secondary N) is 2. The fourth-order valence-corrected chi connectivity index (χ4v) is 3.34. The molecule has 0 aliphatic carbocycles. The van der Waals surface area contributed by atoms with Crippen molar-refractivity contribution in [3.63, 3.8) is 0 Å². The summed E-state index contributed by atoms with van der Waals surface area (Å²) in [5, 5.41) is 4.19. The maximum atomic E-state index is 12.5. The summed E-state index contributed by atoms with van der Waals surface area (Å²) >= 11 is 12.0. The van der Waals surface area contributed by atoms with Gasteiger partial charge in [-0.15, -0.1) is 0 Å². The fourth-order valence-electron chi connectivity index (χ4n) is 3.05. The summed E-state index contributed by atoms with van der Waals surface area (Å²) in [4.78, 5) is 38.9. The molecule has 0 aliphatic rings. The van der Waals surface area contributed by atoms with E-state index < -0.39 is 16.8 Å². The van der Waals surface area contributed by atoms with Gasteiger partial charge in [0.1, 0.15) is 0 Å². The third-order valence-electron chi connectivity index (χ3n) is 4.56. The van der Waals surface area contributed by atoms with Gasteiger partial charge < -0.3 is 5.32 Å². The van der Waals surface area contributed by atoms with Gasteiger partial charge in [-0.1, -0.05) is 41.4 Å². The minimum atomic E-state index is -0.677. The zero-order valence-electron chi connectivity index (χ0n) is 15.4. The first-order valence-corrected chi connectivity index (χ1v) is 9.43. The topological polar surface area (TPSA) is 84.0 Å². The zero-order valence-corrected chi connectivity index (χ0v) is 16.9. The molecule has 2 aromatic carbocycles. The maximum absolute atomic E-state index is 12.5. The molecule has 6 nitrogen and oxygen atoms in total. The number of hydrogen-bond acceptors (Lipinski definition) is 3. The average molecular weight is 420 g/mol. The van der Waals surface area contributed by atoms with Gasteiger partial charge in [0.2, 0.25) is 5.91 Å². The highest BCUT2D eigenvalue weighted by Gasteiger charge is 2.23. The zero-order chi connectivity index (χ0) is 20.5. The number of carbonyl (C=O) groups excluding carboxylic acids is 1. The third kappa shape index (κ3) is 4.13. The molecule has 146 valence electrons. The highest BCUT2D eigenvalue weighted by molar-refractivity contribution is 6.42. The number of amides is 1. The van der Waals surface area contributed by atoms with Crippen molar-refractivity contribution in [3.05, 3.63) is 78.9 Å². The van der Waals surface area contributed by atoms with E-state index in [0.29, 0.717) is 20.9 Å². The number of nitrogens with zero attached hydrogens (tertiary/aromatic N) is 1. The van der Waals surface area contributed by atoms with Crippen LogP contribution in [-0.2, 0) is 16.9 Å². The van der Waals surface area contributed by atoms with E-state index in [9.17, 15) is 14.4 Å². The molecule has 0 aliphatic heterocycles. The van der Waals surface area contributed by atoms with Gasteiger partial charge in [0.25, 0.3) is 5.56 Å². The molecule has 0 saturated heterocycles. The molecule has 2 N–H and O–H groups in total. The smallest absolute Gasteiger partial charge is 0.328 e. The number of benzene rings is 2. The van der Waals surface area contributed by atoms with Crippen LogP contribution in [0.3, 0.4) is 0 Å². The monoisotopic (exact) mass is 419 g/mol. The molecule has 0 saturated carbocycles. The first-order valence-electron chi connectivity index (χ1n) is 8.67. The predicted molar refractivity (Wildman–Crippen MR) is 111 cm³/mol. The van der Waals surface area contributed by atoms with Crippen LogP contribution in [-0.4, -0.2) is 15.5 Å². The highest BCUT2D eigenvalue weighted by atomic mass is 35.5. The minimum Gasteiger partial charge on any atom is -0.347 e. The van der Waals surface area contributed by atoms with Gasteiger partial charge in [0.05, 0.1) is 26.5 Å². The van der Waals surface area contributed by atoms with E-state index in [4.69, 9.17) is 23.2 Å². The van der Waals surface area contributed by atoms with Crippen LogP contribution >= 0.6 is 23.2 Å². The number of carbonyl (C=O) groups is 1. The molecular weight excluding hydrogens is 401 g/mol. The van der Waals surface area contributed by atoms with Crippen LogP contribution in [0.25, 0.3) is 10.9 Å². The second kappa shape index (κ2) is 7.81. The second-order valence-corrected chi connectivity index (χ2v) is 7.79. The number of fused-ring (bicyclic) bond motifs is 1. The molecule has 3 rings (SSSR count). The highest BCUT2D eigenvalue weighted by Crippen LogP contribution is 2.28. The van der Waals surface area contributed by atoms with Crippen molar-refractivity contribution >= 4 is 40.0 Å². The molecule has 1 aromatic heterocycles. The van der Waals surface area contributed by atoms with Gasteiger partial charge in [-0.3, -0.25) is 19.1 Å².